The average Bonchev–Trinajstić information content (AvgIpc) is 3.19. The highest BCUT2D eigenvalue weighted by molar-refractivity contribution is 6.34. The molecule has 1 amide bonds. The monoisotopic (exact) mass is 383 g/mol. The molecule has 0 fully saturated rings. The van der Waals surface area contributed by atoms with Gasteiger partial charge in [-0.2, -0.15) is 23.4 Å². The molecule has 10 heteroatoms. The van der Waals surface area contributed by atoms with Gasteiger partial charge in [-0.05, 0) is 23.8 Å². The molecule has 1 aromatic carbocycles. The number of aryl methyl sites for hydroxylation is 1. The Morgan fingerprint density at radius 1 is 1.27 bits per heavy atom. The topological polar surface area (TPSA) is 66.8 Å². The third-order valence-electron chi connectivity index (χ3n) is 3.83. The SMILES string of the molecule is CN(C(=O)c1[nH]ncc1Cl)c1ccc(-c2cc(C(F)(F)F)nn2C)cc1. The number of nitrogens with zero attached hydrogens (tertiary/aromatic N) is 4. The maximum Gasteiger partial charge on any atom is 0.435 e. The number of hydrogen-bond donors (Lipinski definition) is 1. The quantitative estimate of drug-likeness (QED) is 0.749. The molecule has 0 aliphatic rings. The van der Waals surface area contributed by atoms with Gasteiger partial charge in [0.1, 0.15) is 5.69 Å². The first-order valence-electron chi connectivity index (χ1n) is 7.37. The highest BCUT2D eigenvalue weighted by atomic mass is 35.5. The van der Waals surface area contributed by atoms with E-state index in [-0.39, 0.29) is 16.6 Å². The van der Waals surface area contributed by atoms with Crippen LogP contribution in [0.4, 0.5) is 18.9 Å². The van der Waals surface area contributed by atoms with Gasteiger partial charge < -0.3 is 4.90 Å². The summed E-state index contributed by atoms with van der Waals surface area (Å²) in [5.41, 5.74) is 0.594. The lowest BCUT2D eigenvalue weighted by Crippen LogP contribution is -2.26. The lowest BCUT2D eigenvalue weighted by Gasteiger charge is -2.17. The first-order valence-corrected chi connectivity index (χ1v) is 7.75. The first-order chi connectivity index (χ1) is 12.2. The number of carbonyl (C=O) groups excluding carboxylic acids is 1. The number of aromatic amines is 1. The van der Waals surface area contributed by atoms with Crippen molar-refractivity contribution in [3.63, 3.8) is 0 Å². The molecule has 2 aromatic heterocycles. The van der Waals surface area contributed by atoms with E-state index in [4.69, 9.17) is 11.6 Å². The second-order valence-electron chi connectivity index (χ2n) is 5.54. The van der Waals surface area contributed by atoms with E-state index < -0.39 is 11.9 Å². The molecular formula is C16H13ClF3N5O. The summed E-state index contributed by atoms with van der Waals surface area (Å²) in [6.07, 6.45) is -3.18. The summed E-state index contributed by atoms with van der Waals surface area (Å²) in [6, 6.07) is 7.46. The Kier molecular flexibility index (Phi) is 4.49. The smallest absolute Gasteiger partial charge is 0.310 e. The minimum atomic E-state index is -4.51. The van der Waals surface area contributed by atoms with E-state index in [1.54, 1.807) is 31.3 Å². The largest absolute Gasteiger partial charge is 0.435 e. The van der Waals surface area contributed by atoms with Crippen LogP contribution in [0.1, 0.15) is 16.2 Å². The van der Waals surface area contributed by atoms with Crippen molar-refractivity contribution in [2.75, 3.05) is 11.9 Å². The van der Waals surface area contributed by atoms with E-state index in [0.29, 0.717) is 16.9 Å². The number of halogens is 4. The van der Waals surface area contributed by atoms with Gasteiger partial charge in [-0.25, -0.2) is 0 Å². The summed E-state index contributed by atoms with van der Waals surface area (Å²) in [5, 5.41) is 9.92. The Labute approximate surface area is 151 Å². The summed E-state index contributed by atoms with van der Waals surface area (Å²) in [5.74, 6) is -0.389. The Balaban J connectivity index is 1.86. The summed E-state index contributed by atoms with van der Waals surface area (Å²) >= 11 is 5.89. The number of H-pyrrole nitrogens is 1. The van der Waals surface area contributed by atoms with Gasteiger partial charge in [-0.3, -0.25) is 14.6 Å². The first kappa shape index (κ1) is 18.0. The van der Waals surface area contributed by atoms with Crippen molar-refractivity contribution in [1.29, 1.82) is 0 Å². The molecule has 136 valence electrons. The summed E-state index contributed by atoms with van der Waals surface area (Å²) < 4.78 is 39.5. The fourth-order valence-electron chi connectivity index (χ4n) is 2.44. The number of amides is 1. The van der Waals surface area contributed by atoms with Crippen LogP contribution in [0.2, 0.25) is 5.02 Å². The van der Waals surface area contributed by atoms with Crippen molar-refractivity contribution in [2.24, 2.45) is 7.05 Å². The van der Waals surface area contributed by atoms with Gasteiger partial charge in [0, 0.05) is 19.8 Å². The van der Waals surface area contributed by atoms with Crippen LogP contribution < -0.4 is 4.90 Å². The van der Waals surface area contributed by atoms with E-state index in [1.807, 2.05) is 0 Å². The lowest BCUT2D eigenvalue weighted by molar-refractivity contribution is -0.141. The van der Waals surface area contributed by atoms with Gasteiger partial charge in [0.15, 0.2) is 5.69 Å². The molecule has 3 aromatic rings. The molecule has 0 bridgehead atoms. The van der Waals surface area contributed by atoms with Crippen LogP contribution in [0.15, 0.2) is 36.5 Å². The van der Waals surface area contributed by atoms with Gasteiger partial charge in [0.05, 0.1) is 16.9 Å². The molecule has 2 heterocycles. The second-order valence-corrected chi connectivity index (χ2v) is 5.95. The predicted molar refractivity (Wildman–Crippen MR) is 90.0 cm³/mol. The Bertz CT molecular complexity index is 946. The number of anilines is 1. The van der Waals surface area contributed by atoms with Crippen LogP contribution in [0.5, 0.6) is 0 Å². The van der Waals surface area contributed by atoms with E-state index in [1.165, 1.54) is 18.1 Å². The Morgan fingerprint density at radius 2 is 1.92 bits per heavy atom. The lowest BCUT2D eigenvalue weighted by atomic mass is 10.1. The van der Waals surface area contributed by atoms with Crippen LogP contribution in [0, 0.1) is 0 Å². The van der Waals surface area contributed by atoms with Crippen LogP contribution in [0.3, 0.4) is 0 Å². The molecule has 0 saturated heterocycles. The van der Waals surface area contributed by atoms with Gasteiger partial charge in [0.25, 0.3) is 5.91 Å². The van der Waals surface area contributed by atoms with Crippen molar-refractivity contribution in [1.82, 2.24) is 20.0 Å². The van der Waals surface area contributed by atoms with Crippen molar-refractivity contribution >= 4 is 23.2 Å². The predicted octanol–water partition coefficient (Wildman–Crippen LogP) is 3.76. The fourth-order valence-corrected chi connectivity index (χ4v) is 2.61. The van der Waals surface area contributed by atoms with Crippen molar-refractivity contribution in [2.45, 2.75) is 6.18 Å². The second kappa shape index (κ2) is 6.49. The van der Waals surface area contributed by atoms with Gasteiger partial charge in [-0.1, -0.05) is 23.7 Å². The number of carbonyl (C=O) groups is 1. The van der Waals surface area contributed by atoms with Crippen LogP contribution in [-0.2, 0) is 13.2 Å². The molecule has 0 saturated carbocycles. The molecular weight excluding hydrogens is 371 g/mol. The van der Waals surface area contributed by atoms with Crippen LogP contribution >= 0.6 is 11.6 Å². The molecule has 0 atom stereocenters. The van der Waals surface area contributed by atoms with Gasteiger partial charge in [-0.15, -0.1) is 0 Å². The summed E-state index contributed by atoms with van der Waals surface area (Å²) in [4.78, 5) is 13.7. The molecule has 3 rings (SSSR count). The van der Waals surface area contributed by atoms with E-state index >= 15 is 0 Å². The number of hydrogen-bond acceptors (Lipinski definition) is 3. The molecule has 0 spiro atoms. The zero-order valence-corrected chi connectivity index (χ0v) is 14.4. The number of rotatable bonds is 3. The summed E-state index contributed by atoms with van der Waals surface area (Å²) in [6.45, 7) is 0. The number of alkyl halides is 3. The molecule has 0 aliphatic heterocycles. The maximum absolute atomic E-state index is 12.8. The van der Waals surface area contributed by atoms with Gasteiger partial charge in [0.2, 0.25) is 0 Å². The molecule has 26 heavy (non-hydrogen) atoms. The van der Waals surface area contributed by atoms with E-state index in [0.717, 1.165) is 10.7 Å². The van der Waals surface area contributed by atoms with Crippen LogP contribution in [-0.4, -0.2) is 32.9 Å². The normalized spacial score (nSPS) is 11.6. The zero-order valence-electron chi connectivity index (χ0n) is 13.7. The van der Waals surface area contributed by atoms with Crippen molar-refractivity contribution < 1.29 is 18.0 Å². The fraction of sp³-hybridized carbons (Fsp3) is 0.188. The van der Waals surface area contributed by atoms with E-state index in [9.17, 15) is 18.0 Å². The molecule has 0 aliphatic carbocycles. The highest BCUT2D eigenvalue weighted by Gasteiger charge is 2.34. The molecule has 6 nitrogen and oxygen atoms in total. The summed E-state index contributed by atoms with van der Waals surface area (Å²) in [7, 11) is 2.99. The average molecular weight is 384 g/mol. The van der Waals surface area contributed by atoms with Crippen molar-refractivity contribution in [3.8, 4) is 11.3 Å². The number of aromatic nitrogens is 4. The molecule has 0 unspecified atom stereocenters. The Hall–Kier alpha value is -2.81. The van der Waals surface area contributed by atoms with Crippen LogP contribution in [0.25, 0.3) is 11.3 Å². The number of benzene rings is 1. The zero-order chi connectivity index (χ0) is 19.1. The Morgan fingerprint density at radius 3 is 2.42 bits per heavy atom. The van der Waals surface area contributed by atoms with Gasteiger partial charge >= 0.3 is 6.18 Å². The minimum Gasteiger partial charge on any atom is -0.310 e. The molecule has 0 radical (unpaired) electrons. The number of nitrogens with one attached hydrogen (secondary N) is 1. The maximum atomic E-state index is 12.8. The van der Waals surface area contributed by atoms with Crippen molar-refractivity contribution in [3.05, 3.63) is 52.9 Å². The minimum absolute atomic E-state index is 0.152. The standard InChI is InChI=1S/C16H13ClF3N5O/c1-24(15(26)14-11(17)8-21-22-14)10-5-3-9(4-6-10)12-7-13(16(18,19)20)23-25(12)2/h3-8H,1-2H3,(H,21,22). The highest BCUT2D eigenvalue weighted by Crippen LogP contribution is 2.32. The third-order valence-corrected chi connectivity index (χ3v) is 4.12. The third kappa shape index (κ3) is 3.30. The molecule has 1 N–H and O–H groups in total. The van der Waals surface area contributed by atoms with E-state index in [2.05, 4.69) is 15.3 Å².